The molecule has 3 aromatic rings. The molecule has 0 aliphatic heterocycles. The summed E-state index contributed by atoms with van der Waals surface area (Å²) in [7, 11) is -3.72. The van der Waals surface area contributed by atoms with Gasteiger partial charge in [0.15, 0.2) is 0 Å². The van der Waals surface area contributed by atoms with Gasteiger partial charge in [-0.3, -0.25) is 0 Å². The molecule has 0 aliphatic rings. The molecule has 23 heavy (non-hydrogen) atoms. The molecule has 0 saturated heterocycles. The average Bonchev–Trinajstić information content (AvgIpc) is 2.89. The minimum Gasteiger partial charge on any atom is -0.303 e. The second kappa shape index (κ2) is 5.94. The van der Waals surface area contributed by atoms with Crippen LogP contribution in [0.25, 0.3) is 10.9 Å². The number of nitrogens with zero attached hydrogens (tertiary/aromatic N) is 1. The van der Waals surface area contributed by atoms with Gasteiger partial charge in [-0.2, -0.15) is 0 Å². The molecule has 0 bridgehead atoms. The zero-order valence-corrected chi connectivity index (χ0v) is 14.8. The number of carbonyl (C=O) groups excluding carboxylic acids is 1. The molecule has 1 aromatic heterocycles. The second-order valence-electron chi connectivity index (χ2n) is 5.27. The number of hydrogen-bond donors (Lipinski definition) is 0. The second-order valence-corrected chi connectivity index (χ2v) is 7.94. The number of aromatic nitrogens is 1. The quantitative estimate of drug-likeness (QED) is 0.637. The molecule has 0 fully saturated rings. The monoisotopic (exact) mass is 391 g/mol. The van der Waals surface area contributed by atoms with E-state index in [0.29, 0.717) is 11.1 Å². The molecule has 0 radical (unpaired) electrons. The standard InChI is InChI=1S/C17H14BrNO3S/c1-12-5-7-14(8-6-12)23(21,22)19-11-13(9-10-20)17-15(18)3-2-4-16(17)19/h2-8,10-11H,9H2,1H3. The molecular formula is C17H14BrNO3S. The highest BCUT2D eigenvalue weighted by Crippen LogP contribution is 2.31. The van der Waals surface area contributed by atoms with Crippen molar-refractivity contribution in [1.29, 1.82) is 0 Å². The summed E-state index contributed by atoms with van der Waals surface area (Å²) in [5.41, 5.74) is 2.22. The van der Waals surface area contributed by atoms with Crippen LogP contribution in [0, 0.1) is 6.92 Å². The number of fused-ring (bicyclic) bond motifs is 1. The van der Waals surface area contributed by atoms with Gasteiger partial charge in [0.25, 0.3) is 10.0 Å². The zero-order valence-electron chi connectivity index (χ0n) is 12.4. The average molecular weight is 392 g/mol. The molecule has 0 saturated carbocycles. The largest absolute Gasteiger partial charge is 0.303 e. The van der Waals surface area contributed by atoms with Gasteiger partial charge in [0.2, 0.25) is 0 Å². The molecule has 0 aliphatic carbocycles. The van der Waals surface area contributed by atoms with Crippen molar-refractivity contribution < 1.29 is 13.2 Å². The van der Waals surface area contributed by atoms with E-state index in [1.807, 2.05) is 13.0 Å². The third-order valence-electron chi connectivity index (χ3n) is 3.70. The molecule has 0 amide bonds. The van der Waals surface area contributed by atoms with Crippen molar-refractivity contribution in [2.24, 2.45) is 0 Å². The van der Waals surface area contributed by atoms with Crippen LogP contribution in [0.5, 0.6) is 0 Å². The Kier molecular flexibility index (Phi) is 4.12. The molecule has 1 heterocycles. The number of rotatable bonds is 4. The molecule has 0 atom stereocenters. The van der Waals surface area contributed by atoms with Crippen LogP contribution in [0.15, 0.2) is 58.0 Å². The summed E-state index contributed by atoms with van der Waals surface area (Å²) in [6.45, 7) is 1.90. The van der Waals surface area contributed by atoms with Crippen LogP contribution in [0.2, 0.25) is 0 Å². The van der Waals surface area contributed by atoms with Gasteiger partial charge >= 0.3 is 0 Å². The Hall–Kier alpha value is -1.92. The number of carbonyl (C=O) groups is 1. The summed E-state index contributed by atoms with van der Waals surface area (Å²) >= 11 is 3.44. The first kappa shape index (κ1) is 16.0. The van der Waals surface area contributed by atoms with Crippen LogP contribution in [0.1, 0.15) is 11.1 Å². The maximum absolute atomic E-state index is 12.9. The number of aryl methyl sites for hydroxylation is 1. The predicted molar refractivity (Wildman–Crippen MR) is 93.2 cm³/mol. The predicted octanol–water partition coefficient (Wildman–Crippen LogP) is 3.69. The van der Waals surface area contributed by atoms with Crippen molar-refractivity contribution in [1.82, 2.24) is 3.97 Å². The van der Waals surface area contributed by atoms with E-state index in [-0.39, 0.29) is 11.3 Å². The first-order valence-corrected chi connectivity index (χ1v) is 9.23. The van der Waals surface area contributed by atoms with E-state index in [0.717, 1.165) is 21.7 Å². The Morgan fingerprint density at radius 3 is 2.48 bits per heavy atom. The minimum absolute atomic E-state index is 0.162. The lowest BCUT2D eigenvalue weighted by Crippen LogP contribution is -2.11. The summed E-state index contributed by atoms with van der Waals surface area (Å²) in [4.78, 5) is 11.1. The van der Waals surface area contributed by atoms with Crippen molar-refractivity contribution >= 4 is 43.1 Å². The molecule has 118 valence electrons. The van der Waals surface area contributed by atoms with Crippen molar-refractivity contribution in [3.05, 3.63) is 64.3 Å². The summed E-state index contributed by atoms with van der Waals surface area (Å²) in [5.74, 6) is 0. The van der Waals surface area contributed by atoms with Crippen molar-refractivity contribution in [2.75, 3.05) is 0 Å². The Morgan fingerprint density at radius 2 is 1.83 bits per heavy atom. The van der Waals surface area contributed by atoms with Gasteiger partial charge in [-0.05, 0) is 36.8 Å². The molecule has 2 aromatic carbocycles. The van der Waals surface area contributed by atoms with Crippen LogP contribution in [0.4, 0.5) is 0 Å². The van der Waals surface area contributed by atoms with Crippen LogP contribution in [-0.4, -0.2) is 18.7 Å². The lowest BCUT2D eigenvalue weighted by Gasteiger charge is -2.08. The van der Waals surface area contributed by atoms with Gasteiger partial charge in [0, 0.05) is 22.5 Å². The van der Waals surface area contributed by atoms with E-state index < -0.39 is 10.0 Å². The number of benzene rings is 2. The minimum atomic E-state index is -3.72. The van der Waals surface area contributed by atoms with Gasteiger partial charge in [-0.15, -0.1) is 0 Å². The Morgan fingerprint density at radius 1 is 1.13 bits per heavy atom. The van der Waals surface area contributed by atoms with Crippen LogP contribution >= 0.6 is 15.9 Å². The third kappa shape index (κ3) is 2.72. The van der Waals surface area contributed by atoms with Crippen LogP contribution in [0.3, 0.4) is 0 Å². The molecule has 0 spiro atoms. The fraction of sp³-hybridized carbons (Fsp3) is 0.118. The van der Waals surface area contributed by atoms with Crippen molar-refractivity contribution in [3.8, 4) is 0 Å². The van der Waals surface area contributed by atoms with Gasteiger partial charge < -0.3 is 4.79 Å². The summed E-state index contributed by atoms with van der Waals surface area (Å²) in [5, 5.41) is 0.746. The molecule has 0 N–H and O–H groups in total. The molecule has 3 rings (SSSR count). The zero-order chi connectivity index (χ0) is 16.6. The normalized spacial score (nSPS) is 11.7. The Labute approximate surface area is 142 Å². The molecule has 4 nitrogen and oxygen atoms in total. The maximum atomic E-state index is 12.9. The first-order chi connectivity index (χ1) is 10.9. The van der Waals surface area contributed by atoms with Gasteiger partial charge in [0.05, 0.1) is 10.4 Å². The highest BCUT2D eigenvalue weighted by Gasteiger charge is 2.22. The highest BCUT2D eigenvalue weighted by molar-refractivity contribution is 9.10. The molecule has 6 heteroatoms. The van der Waals surface area contributed by atoms with Crippen molar-refractivity contribution in [2.45, 2.75) is 18.2 Å². The number of hydrogen-bond acceptors (Lipinski definition) is 3. The first-order valence-electron chi connectivity index (χ1n) is 6.99. The lowest BCUT2D eigenvalue weighted by molar-refractivity contribution is -0.107. The SMILES string of the molecule is Cc1ccc(S(=O)(=O)n2cc(CC=O)c3c(Br)cccc32)cc1. The number of aldehydes is 1. The fourth-order valence-corrected chi connectivity index (χ4v) is 4.55. The van der Waals surface area contributed by atoms with Gasteiger partial charge in [0.1, 0.15) is 6.29 Å². The van der Waals surface area contributed by atoms with E-state index in [4.69, 9.17) is 0 Å². The van der Waals surface area contributed by atoms with E-state index in [1.54, 1.807) is 36.4 Å². The van der Waals surface area contributed by atoms with E-state index in [2.05, 4.69) is 15.9 Å². The Bertz CT molecular complexity index is 989. The van der Waals surface area contributed by atoms with Gasteiger partial charge in [-0.1, -0.05) is 39.7 Å². The summed E-state index contributed by atoms with van der Waals surface area (Å²) in [6.07, 6.45) is 2.46. The summed E-state index contributed by atoms with van der Waals surface area (Å²) in [6, 6.07) is 12.1. The molecule has 0 unspecified atom stereocenters. The van der Waals surface area contributed by atoms with Crippen LogP contribution in [-0.2, 0) is 21.2 Å². The fourth-order valence-electron chi connectivity index (χ4n) is 2.56. The van der Waals surface area contributed by atoms with E-state index in [9.17, 15) is 13.2 Å². The van der Waals surface area contributed by atoms with Crippen molar-refractivity contribution in [3.63, 3.8) is 0 Å². The smallest absolute Gasteiger partial charge is 0.268 e. The Balaban J connectivity index is 2.29. The maximum Gasteiger partial charge on any atom is 0.268 e. The van der Waals surface area contributed by atoms with Gasteiger partial charge in [-0.25, -0.2) is 12.4 Å². The van der Waals surface area contributed by atoms with Crippen LogP contribution < -0.4 is 0 Å². The molecular weight excluding hydrogens is 378 g/mol. The third-order valence-corrected chi connectivity index (χ3v) is 6.05. The summed E-state index contributed by atoms with van der Waals surface area (Å²) < 4.78 is 27.9. The topological polar surface area (TPSA) is 56.1 Å². The lowest BCUT2D eigenvalue weighted by atomic mass is 10.1. The number of halogens is 1. The van der Waals surface area contributed by atoms with E-state index in [1.165, 1.54) is 10.2 Å². The highest BCUT2D eigenvalue weighted by atomic mass is 79.9. The van der Waals surface area contributed by atoms with E-state index >= 15 is 0 Å².